The Morgan fingerprint density at radius 2 is 1.78 bits per heavy atom. The normalized spacial score (nSPS) is 14.7. The number of amides is 1. The highest BCUT2D eigenvalue weighted by Crippen LogP contribution is 2.21. The van der Waals surface area contributed by atoms with E-state index in [4.69, 9.17) is 4.74 Å². The minimum atomic E-state index is -5.12. The van der Waals surface area contributed by atoms with E-state index >= 15 is 0 Å². The molecule has 0 aromatic heterocycles. The van der Waals surface area contributed by atoms with E-state index in [1.54, 1.807) is 0 Å². The molecule has 1 amide bonds. The van der Waals surface area contributed by atoms with Gasteiger partial charge in [0.1, 0.15) is 5.75 Å². The summed E-state index contributed by atoms with van der Waals surface area (Å²) in [6, 6.07) is 5.45. The van der Waals surface area contributed by atoms with Crippen molar-refractivity contribution in [3.63, 3.8) is 0 Å². The molecule has 0 saturated carbocycles. The van der Waals surface area contributed by atoms with E-state index in [1.807, 2.05) is 0 Å². The lowest BCUT2D eigenvalue weighted by molar-refractivity contribution is -0.169. The predicted octanol–water partition coefficient (Wildman–Crippen LogP) is 2.24. The van der Waals surface area contributed by atoms with Crippen molar-refractivity contribution in [2.75, 3.05) is 13.4 Å². The zero-order valence-corrected chi connectivity index (χ0v) is 10.3. The summed E-state index contributed by atoms with van der Waals surface area (Å²) in [4.78, 5) is 10.7. The van der Waals surface area contributed by atoms with E-state index in [1.165, 1.54) is 31.4 Å². The van der Waals surface area contributed by atoms with Crippen molar-refractivity contribution in [3.05, 3.63) is 24.3 Å². The quantitative estimate of drug-likeness (QED) is 0.835. The molecule has 0 heterocycles. The van der Waals surface area contributed by atoms with Gasteiger partial charge >= 0.3 is 12.1 Å². The molecular weight excluding hydrogens is 271 g/mol. The molecule has 1 aromatic rings. The maximum absolute atomic E-state index is 12.0. The topological polar surface area (TPSA) is 55.7 Å². The molecule has 0 aliphatic carbocycles. The molecule has 0 aliphatic heterocycles. The summed E-state index contributed by atoms with van der Waals surface area (Å²) in [6.07, 6.45) is -4.15. The average molecular weight is 281 g/mol. The monoisotopic (exact) mass is 281 g/mol. The van der Waals surface area contributed by atoms with Crippen LogP contribution in [0.4, 0.5) is 13.2 Å². The zero-order chi connectivity index (χ0) is 14.0. The first-order valence-corrected chi connectivity index (χ1v) is 6.56. The number of ether oxygens (including phenoxy) is 1. The Morgan fingerprint density at radius 1 is 1.28 bits per heavy atom. The zero-order valence-electron chi connectivity index (χ0n) is 9.52. The molecule has 4 nitrogen and oxygen atoms in total. The fourth-order valence-corrected chi connectivity index (χ4v) is 2.26. The molecule has 0 radical (unpaired) electrons. The van der Waals surface area contributed by atoms with Crippen molar-refractivity contribution in [3.8, 4) is 5.75 Å². The van der Waals surface area contributed by atoms with E-state index < -0.39 is 21.8 Å². The number of benzene rings is 1. The van der Waals surface area contributed by atoms with Crippen LogP contribution in [0, 0.1) is 0 Å². The lowest BCUT2D eigenvalue weighted by Gasteiger charge is -2.06. The maximum Gasteiger partial charge on any atom is 0.474 e. The van der Waals surface area contributed by atoms with Crippen molar-refractivity contribution < 1.29 is 26.9 Å². The first kappa shape index (κ1) is 14.5. The molecule has 18 heavy (non-hydrogen) atoms. The highest BCUT2D eigenvalue weighted by atomic mass is 32.2. The lowest BCUT2D eigenvalue weighted by Crippen LogP contribution is -2.21. The van der Waals surface area contributed by atoms with Crippen LogP contribution in [0.5, 0.6) is 5.75 Å². The number of hydrogen-bond donors (Lipinski definition) is 0. The standard InChI is InChI=1S/C10H10F3NO3S/c1-17-7-3-5-8(6-4-7)18(2,16)14-9(15)10(11,12)13/h3-6H,1-2H3. The van der Waals surface area contributed by atoms with Crippen molar-refractivity contribution >= 4 is 15.6 Å². The molecule has 1 rings (SSSR count). The Balaban J connectivity index is 3.17. The molecule has 0 fully saturated rings. The van der Waals surface area contributed by atoms with Gasteiger partial charge in [0.2, 0.25) is 0 Å². The van der Waals surface area contributed by atoms with E-state index in [9.17, 15) is 22.2 Å². The summed E-state index contributed by atoms with van der Waals surface area (Å²) >= 11 is 0. The van der Waals surface area contributed by atoms with Gasteiger partial charge in [0, 0.05) is 11.2 Å². The molecule has 0 bridgehead atoms. The number of nitrogens with zero attached hydrogens (tertiary/aromatic N) is 1. The van der Waals surface area contributed by atoms with Gasteiger partial charge in [-0.05, 0) is 24.3 Å². The number of carbonyl (C=O) groups excluding carboxylic acids is 1. The molecule has 100 valence electrons. The van der Waals surface area contributed by atoms with Gasteiger partial charge in [-0.15, -0.1) is 4.36 Å². The first-order valence-electron chi connectivity index (χ1n) is 4.64. The first-order chi connectivity index (χ1) is 8.16. The summed E-state index contributed by atoms with van der Waals surface area (Å²) in [5, 5.41) is 0. The smallest absolute Gasteiger partial charge is 0.474 e. The fraction of sp³-hybridized carbons (Fsp3) is 0.300. The van der Waals surface area contributed by atoms with Gasteiger partial charge in [-0.2, -0.15) is 13.2 Å². The number of carbonyl (C=O) groups is 1. The van der Waals surface area contributed by atoms with Crippen molar-refractivity contribution in [2.45, 2.75) is 11.1 Å². The number of methoxy groups -OCH3 is 1. The van der Waals surface area contributed by atoms with Crippen LogP contribution >= 0.6 is 0 Å². The van der Waals surface area contributed by atoms with Crippen LogP contribution in [0.2, 0.25) is 0 Å². The SMILES string of the molecule is COc1ccc(S(C)(=O)=NC(=O)C(F)(F)F)cc1. The van der Waals surface area contributed by atoms with Gasteiger partial charge in [0.15, 0.2) is 0 Å². The van der Waals surface area contributed by atoms with Gasteiger partial charge in [-0.3, -0.25) is 4.79 Å². The fourth-order valence-electron chi connectivity index (χ4n) is 1.09. The second-order valence-corrected chi connectivity index (χ2v) is 5.63. The minimum Gasteiger partial charge on any atom is -0.497 e. The van der Waals surface area contributed by atoms with Crippen molar-refractivity contribution in [2.24, 2.45) is 4.36 Å². The molecule has 0 spiro atoms. The van der Waals surface area contributed by atoms with Crippen LogP contribution in [-0.4, -0.2) is 29.7 Å². The van der Waals surface area contributed by atoms with E-state index in [0.29, 0.717) is 5.75 Å². The Morgan fingerprint density at radius 3 is 2.17 bits per heavy atom. The van der Waals surface area contributed by atoms with Gasteiger partial charge in [0.05, 0.1) is 16.8 Å². The lowest BCUT2D eigenvalue weighted by atomic mass is 10.3. The Bertz CT molecular complexity index is 557. The highest BCUT2D eigenvalue weighted by Gasteiger charge is 2.39. The summed E-state index contributed by atoms with van der Waals surface area (Å²) < 4.78 is 55.6. The van der Waals surface area contributed by atoms with Crippen LogP contribution in [0.1, 0.15) is 0 Å². The van der Waals surface area contributed by atoms with E-state index in [-0.39, 0.29) is 4.90 Å². The Kier molecular flexibility index (Phi) is 4.00. The molecule has 0 N–H and O–H groups in total. The Labute approximate surface area is 102 Å². The third-order valence-corrected chi connectivity index (χ3v) is 3.66. The van der Waals surface area contributed by atoms with Crippen molar-refractivity contribution in [1.82, 2.24) is 0 Å². The second kappa shape index (κ2) is 4.97. The average Bonchev–Trinajstić information content (AvgIpc) is 2.27. The minimum absolute atomic E-state index is 0.0286. The summed E-state index contributed by atoms with van der Waals surface area (Å²) in [7, 11) is -2.01. The van der Waals surface area contributed by atoms with Crippen molar-refractivity contribution in [1.29, 1.82) is 0 Å². The molecule has 0 aliphatic rings. The predicted molar refractivity (Wildman–Crippen MR) is 58.8 cm³/mol. The number of hydrogen-bond acceptors (Lipinski definition) is 3. The van der Waals surface area contributed by atoms with Crippen LogP contribution in [0.25, 0.3) is 0 Å². The molecule has 8 heteroatoms. The summed E-state index contributed by atoms with van der Waals surface area (Å²) in [6.45, 7) is 0. The summed E-state index contributed by atoms with van der Waals surface area (Å²) in [5.74, 6) is -1.90. The van der Waals surface area contributed by atoms with E-state index in [0.717, 1.165) is 6.26 Å². The Hall–Kier alpha value is -1.57. The third-order valence-electron chi connectivity index (χ3n) is 2.00. The number of alkyl halides is 3. The van der Waals surface area contributed by atoms with Gasteiger partial charge in [-0.25, -0.2) is 4.21 Å². The molecule has 0 saturated heterocycles. The highest BCUT2D eigenvalue weighted by molar-refractivity contribution is 7.93. The van der Waals surface area contributed by atoms with Crippen LogP contribution in [0.3, 0.4) is 0 Å². The molecular formula is C10H10F3NO3S. The largest absolute Gasteiger partial charge is 0.497 e. The van der Waals surface area contributed by atoms with Crippen LogP contribution < -0.4 is 4.74 Å². The number of halogens is 3. The van der Waals surface area contributed by atoms with Crippen LogP contribution in [0.15, 0.2) is 33.5 Å². The van der Waals surface area contributed by atoms with Gasteiger partial charge in [0.25, 0.3) is 0 Å². The van der Waals surface area contributed by atoms with Gasteiger partial charge in [-0.1, -0.05) is 0 Å². The molecule has 1 aromatic carbocycles. The second-order valence-electron chi connectivity index (χ2n) is 3.37. The van der Waals surface area contributed by atoms with Crippen LogP contribution in [-0.2, 0) is 14.5 Å². The third kappa shape index (κ3) is 3.46. The molecule has 1 unspecified atom stereocenters. The number of rotatable bonds is 2. The molecule has 1 atom stereocenters. The van der Waals surface area contributed by atoms with E-state index in [2.05, 4.69) is 4.36 Å². The van der Waals surface area contributed by atoms with Gasteiger partial charge < -0.3 is 4.74 Å². The summed E-state index contributed by atoms with van der Waals surface area (Å²) in [5.41, 5.74) is 0. The maximum atomic E-state index is 12.0.